The van der Waals surface area contributed by atoms with Gasteiger partial charge in [0.25, 0.3) is 0 Å². The van der Waals surface area contributed by atoms with Gasteiger partial charge in [-0.15, -0.1) is 0 Å². The van der Waals surface area contributed by atoms with Crippen LogP contribution in [0.5, 0.6) is 0 Å². The van der Waals surface area contributed by atoms with Crippen molar-refractivity contribution < 1.29 is 24.8 Å². The molecule has 0 radical (unpaired) electrons. The van der Waals surface area contributed by atoms with Crippen LogP contribution in [0.15, 0.2) is 23.8 Å². The molecule has 0 spiro atoms. The lowest BCUT2D eigenvalue weighted by Crippen LogP contribution is -2.52. The van der Waals surface area contributed by atoms with Crippen molar-refractivity contribution >= 4 is 0 Å². The van der Waals surface area contributed by atoms with Gasteiger partial charge in [-0.3, -0.25) is 0 Å². The van der Waals surface area contributed by atoms with Crippen molar-refractivity contribution in [2.45, 2.75) is 51.3 Å². The van der Waals surface area contributed by atoms with E-state index in [0.717, 1.165) is 5.57 Å². The minimum Gasteiger partial charge on any atom is -0.396 e. The van der Waals surface area contributed by atoms with Crippen molar-refractivity contribution in [3.05, 3.63) is 23.8 Å². The molecule has 4 atom stereocenters. The van der Waals surface area contributed by atoms with Gasteiger partial charge in [0.05, 0.1) is 12.7 Å². The lowest BCUT2D eigenvalue weighted by molar-refractivity contribution is -0.277. The highest BCUT2D eigenvalue weighted by Crippen LogP contribution is 2.27. The third kappa shape index (κ3) is 4.40. The molecule has 0 bridgehead atoms. The number of ether oxygens (including phenoxy) is 2. The highest BCUT2D eigenvalue weighted by molar-refractivity contribution is 5.10. The van der Waals surface area contributed by atoms with E-state index in [1.165, 1.54) is 0 Å². The van der Waals surface area contributed by atoms with Gasteiger partial charge in [0.2, 0.25) is 0 Å². The van der Waals surface area contributed by atoms with E-state index in [4.69, 9.17) is 14.6 Å². The van der Waals surface area contributed by atoms with Crippen LogP contribution in [-0.2, 0) is 9.47 Å². The SMILES string of the molecule is C/C=C\C/C(=C\C)C1OC(CO)C(O)C(CCO)O1. The number of rotatable bonds is 6. The molecule has 3 N–H and O–H groups in total. The molecular weight excluding hydrogens is 248 g/mol. The molecule has 1 heterocycles. The Kier molecular flexibility index (Phi) is 7.27. The minimum atomic E-state index is -0.923. The standard InChI is InChI=1S/C14H24O5/c1-3-5-6-10(4-2)14-18-11(7-8-15)13(17)12(9-16)19-14/h3-5,11-17H,6-9H2,1-2H3/b5-3-,10-4+. The van der Waals surface area contributed by atoms with Crippen molar-refractivity contribution in [2.75, 3.05) is 13.2 Å². The molecule has 5 heteroatoms. The van der Waals surface area contributed by atoms with Gasteiger partial charge in [-0.05, 0) is 32.3 Å². The smallest absolute Gasteiger partial charge is 0.181 e. The molecule has 1 aliphatic heterocycles. The molecule has 0 aromatic carbocycles. The highest BCUT2D eigenvalue weighted by atomic mass is 16.7. The van der Waals surface area contributed by atoms with Gasteiger partial charge in [0.1, 0.15) is 12.2 Å². The van der Waals surface area contributed by atoms with Gasteiger partial charge in [-0.2, -0.15) is 0 Å². The Morgan fingerprint density at radius 2 is 1.84 bits per heavy atom. The summed E-state index contributed by atoms with van der Waals surface area (Å²) in [5.41, 5.74) is 0.936. The first-order valence-corrected chi connectivity index (χ1v) is 6.64. The summed E-state index contributed by atoms with van der Waals surface area (Å²) < 4.78 is 11.2. The van der Waals surface area contributed by atoms with Gasteiger partial charge in [-0.1, -0.05) is 18.2 Å². The maximum absolute atomic E-state index is 9.95. The van der Waals surface area contributed by atoms with Crippen LogP contribution in [0.3, 0.4) is 0 Å². The lowest BCUT2D eigenvalue weighted by Gasteiger charge is -2.39. The summed E-state index contributed by atoms with van der Waals surface area (Å²) in [6.07, 6.45) is 4.13. The average molecular weight is 272 g/mol. The molecule has 0 amide bonds. The molecule has 110 valence electrons. The van der Waals surface area contributed by atoms with E-state index < -0.39 is 24.6 Å². The molecule has 1 saturated heterocycles. The molecule has 0 saturated carbocycles. The highest BCUT2D eigenvalue weighted by Gasteiger charge is 2.38. The van der Waals surface area contributed by atoms with Gasteiger partial charge in [0.15, 0.2) is 6.29 Å². The molecule has 4 unspecified atom stereocenters. The van der Waals surface area contributed by atoms with E-state index in [2.05, 4.69) is 0 Å². The van der Waals surface area contributed by atoms with Crippen LogP contribution in [0.4, 0.5) is 0 Å². The van der Waals surface area contributed by atoms with Gasteiger partial charge in [-0.25, -0.2) is 0 Å². The first-order valence-electron chi connectivity index (χ1n) is 6.64. The number of hydrogen-bond donors (Lipinski definition) is 3. The van der Waals surface area contributed by atoms with Crippen molar-refractivity contribution in [3.8, 4) is 0 Å². The van der Waals surface area contributed by atoms with Crippen LogP contribution in [-0.4, -0.2) is 53.1 Å². The molecular formula is C14H24O5. The van der Waals surface area contributed by atoms with E-state index in [9.17, 15) is 10.2 Å². The second-order valence-corrected chi connectivity index (χ2v) is 4.50. The summed E-state index contributed by atoms with van der Waals surface area (Å²) in [6.45, 7) is 3.48. The summed E-state index contributed by atoms with van der Waals surface area (Å²) in [6, 6.07) is 0. The van der Waals surface area contributed by atoms with Crippen LogP contribution in [0.1, 0.15) is 26.7 Å². The lowest BCUT2D eigenvalue weighted by atomic mass is 10.0. The van der Waals surface area contributed by atoms with Crippen LogP contribution >= 0.6 is 0 Å². The van der Waals surface area contributed by atoms with Gasteiger partial charge < -0.3 is 24.8 Å². The Morgan fingerprint density at radius 3 is 2.37 bits per heavy atom. The summed E-state index contributed by atoms with van der Waals surface area (Å²) in [5.74, 6) is 0. The second kappa shape index (κ2) is 8.45. The normalized spacial score (nSPS) is 33.0. The summed E-state index contributed by atoms with van der Waals surface area (Å²) >= 11 is 0. The second-order valence-electron chi connectivity index (χ2n) is 4.50. The minimum absolute atomic E-state index is 0.0768. The third-order valence-corrected chi connectivity index (χ3v) is 3.21. The predicted molar refractivity (Wildman–Crippen MR) is 71.5 cm³/mol. The Balaban J connectivity index is 2.77. The zero-order valence-electron chi connectivity index (χ0n) is 11.5. The van der Waals surface area contributed by atoms with E-state index in [1.54, 1.807) is 0 Å². The van der Waals surface area contributed by atoms with Crippen molar-refractivity contribution in [2.24, 2.45) is 0 Å². The molecule has 0 aromatic heterocycles. The van der Waals surface area contributed by atoms with Crippen LogP contribution < -0.4 is 0 Å². The maximum atomic E-state index is 9.95. The Bertz CT molecular complexity index is 313. The fourth-order valence-corrected chi connectivity index (χ4v) is 2.05. The largest absolute Gasteiger partial charge is 0.396 e. The van der Waals surface area contributed by atoms with E-state index in [1.807, 2.05) is 32.1 Å². The summed E-state index contributed by atoms with van der Waals surface area (Å²) in [5, 5.41) is 28.2. The maximum Gasteiger partial charge on any atom is 0.181 e. The molecule has 0 aromatic rings. The molecule has 1 fully saturated rings. The van der Waals surface area contributed by atoms with E-state index in [0.29, 0.717) is 12.8 Å². The molecule has 19 heavy (non-hydrogen) atoms. The Hall–Kier alpha value is -0.720. The van der Waals surface area contributed by atoms with Gasteiger partial charge in [0, 0.05) is 6.61 Å². The van der Waals surface area contributed by atoms with Gasteiger partial charge >= 0.3 is 0 Å². The number of hydrogen-bond acceptors (Lipinski definition) is 5. The van der Waals surface area contributed by atoms with Crippen LogP contribution in [0, 0.1) is 0 Å². The fourth-order valence-electron chi connectivity index (χ4n) is 2.05. The number of allylic oxidation sites excluding steroid dienone is 3. The Morgan fingerprint density at radius 1 is 1.16 bits per heavy atom. The first-order chi connectivity index (χ1) is 9.17. The third-order valence-electron chi connectivity index (χ3n) is 3.21. The van der Waals surface area contributed by atoms with Crippen LogP contribution in [0.25, 0.3) is 0 Å². The van der Waals surface area contributed by atoms with Crippen molar-refractivity contribution in [1.29, 1.82) is 0 Å². The first kappa shape index (κ1) is 16.3. The van der Waals surface area contributed by atoms with E-state index in [-0.39, 0.29) is 13.2 Å². The van der Waals surface area contributed by atoms with Crippen molar-refractivity contribution in [1.82, 2.24) is 0 Å². The average Bonchev–Trinajstić information content (AvgIpc) is 2.42. The zero-order valence-corrected chi connectivity index (χ0v) is 11.5. The topological polar surface area (TPSA) is 79.2 Å². The fraction of sp³-hybridized carbons (Fsp3) is 0.714. The van der Waals surface area contributed by atoms with Crippen LogP contribution in [0.2, 0.25) is 0 Å². The van der Waals surface area contributed by atoms with E-state index >= 15 is 0 Å². The Labute approximate surface area is 114 Å². The number of aliphatic hydroxyl groups is 3. The molecule has 5 nitrogen and oxygen atoms in total. The van der Waals surface area contributed by atoms with Crippen molar-refractivity contribution in [3.63, 3.8) is 0 Å². The molecule has 1 rings (SSSR count). The predicted octanol–water partition coefficient (Wildman–Crippen LogP) is 0.745. The zero-order chi connectivity index (χ0) is 14.3. The molecule has 0 aliphatic carbocycles. The summed E-state index contributed by atoms with van der Waals surface area (Å²) in [7, 11) is 0. The summed E-state index contributed by atoms with van der Waals surface area (Å²) in [4.78, 5) is 0. The number of aliphatic hydroxyl groups excluding tert-OH is 3. The quantitative estimate of drug-likeness (QED) is 0.622. The monoisotopic (exact) mass is 272 g/mol. The molecule has 1 aliphatic rings.